The number of piperazine rings is 1. The van der Waals surface area contributed by atoms with Gasteiger partial charge in [0.1, 0.15) is 11.7 Å². The number of aromatic amines is 1. The first-order valence-electron chi connectivity index (χ1n) is 11.9. The molecule has 0 saturated carbocycles. The lowest BCUT2D eigenvalue weighted by Gasteiger charge is -2.39. The van der Waals surface area contributed by atoms with Gasteiger partial charge in [0.15, 0.2) is 0 Å². The Labute approximate surface area is 209 Å². The van der Waals surface area contributed by atoms with Crippen molar-refractivity contribution >= 4 is 40.2 Å². The summed E-state index contributed by atoms with van der Waals surface area (Å²) in [6, 6.07) is 15.6. The second kappa shape index (κ2) is 8.72. The van der Waals surface area contributed by atoms with E-state index in [0.29, 0.717) is 29.4 Å². The number of H-pyrrole nitrogens is 1. The predicted molar refractivity (Wildman–Crippen MR) is 135 cm³/mol. The molecule has 0 radical (unpaired) electrons. The Balaban J connectivity index is 1.29. The maximum atomic E-state index is 13.7. The average Bonchev–Trinajstić information content (AvgIpc) is 3.55. The molecule has 2 bridgehead atoms. The van der Waals surface area contributed by atoms with Crippen molar-refractivity contribution in [3.63, 3.8) is 0 Å². The van der Waals surface area contributed by atoms with Crippen molar-refractivity contribution < 1.29 is 14.4 Å². The average molecular weight is 493 g/mol. The third kappa shape index (κ3) is 4.41. The zero-order valence-electron chi connectivity index (χ0n) is 20.0. The number of fused-ring (bicyclic) bond motifs is 3. The molecule has 3 amide bonds. The first-order chi connectivity index (χ1) is 16.6. The molecule has 2 fully saturated rings. The van der Waals surface area contributed by atoms with Crippen LogP contribution in [0, 0.1) is 5.41 Å². The number of hydrogen-bond donors (Lipinski definition) is 2. The summed E-state index contributed by atoms with van der Waals surface area (Å²) in [6.07, 6.45) is 0.748. The van der Waals surface area contributed by atoms with E-state index >= 15 is 0 Å². The number of aromatic nitrogens is 1. The van der Waals surface area contributed by atoms with Gasteiger partial charge in [0.25, 0.3) is 11.8 Å². The van der Waals surface area contributed by atoms with E-state index in [-0.39, 0.29) is 29.8 Å². The highest BCUT2D eigenvalue weighted by Crippen LogP contribution is 2.34. The molecule has 2 N–H and O–H groups in total. The van der Waals surface area contributed by atoms with Crippen LogP contribution >= 0.6 is 11.6 Å². The number of benzene rings is 2. The normalized spacial score (nSPS) is 20.3. The molecule has 3 aromatic rings. The molecule has 35 heavy (non-hydrogen) atoms. The lowest BCUT2D eigenvalue weighted by molar-refractivity contribution is -0.138. The Morgan fingerprint density at radius 1 is 1.00 bits per heavy atom. The van der Waals surface area contributed by atoms with Crippen LogP contribution < -0.4 is 5.32 Å². The van der Waals surface area contributed by atoms with Crippen LogP contribution in [0.2, 0.25) is 5.02 Å². The van der Waals surface area contributed by atoms with Gasteiger partial charge in [-0.05, 0) is 48.2 Å². The number of nitrogens with zero attached hydrogens (tertiary/aromatic N) is 2. The van der Waals surface area contributed by atoms with Crippen molar-refractivity contribution in [2.75, 3.05) is 13.1 Å². The van der Waals surface area contributed by atoms with Gasteiger partial charge in [-0.1, -0.05) is 50.6 Å². The molecule has 7 nitrogen and oxygen atoms in total. The molecule has 8 heteroatoms. The molecule has 0 aliphatic carbocycles. The molecule has 5 rings (SSSR count). The Morgan fingerprint density at radius 2 is 1.66 bits per heavy atom. The van der Waals surface area contributed by atoms with Crippen LogP contribution in [-0.2, 0) is 4.79 Å². The van der Waals surface area contributed by atoms with Gasteiger partial charge >= 0.3 is 0 Å². The van der Waals surface area contributed by atoms with E-state index in [1.54, 1.807) is 30.3 Å². The summed E-state index contributed by atoms with van der Waals surface area (Å²) >= 11 is 5.95. The maximum Gasteiger partial charge on any atom is 0.268 e. The van der Waals surface area contributed by atoms with Gasteiger partial charge < -0.3 is 20.1 Å². The molecule has 1 aromatic heterocycles. The third-order valence-corrected chi connectivity index (χ3v) is 7.29. The van der Waals surface area contributed by atoms with E-state index in [9.17, 15) is 14.4 Å². The Bertz CT molecular complexity index is 1260. The van der Waals surface area contributed by atoms with Crippen molar-refractivity contribution in [1.82, 2.24) is 20.1 Å². The zero-order chi connectivity index (χ0) is 24.9. The molecule has 3 heterocycles. The monoisotopic (exact) mass is 492 g/mol. The number of halogens is 1. The molecular formula is C27H29ClN4O3. The summed E-state index contributed by atoms with van der Waals surface area (Å²) in [5, 5.41) is 4.51. The lowest BCUT2D eigenvalue weighted by Crippen LogP contribution is -2.59. The smallest absolute Gasteiger partial charge is 0.268 e. The molecule has 0 unspecified atom stereocenters. The minimum atomic E-state index is -0.693. The predicted octanol–water partition coefficient (Wildman–Crippen LogP) is 4.09. The maximum absolute atomic E-state index is 13.7. The van der Waals surface area contributed by atoms with Crippen LogP contribution in [0.4, 0.5) is 0 Å². The topological polar surface area (TPSA) is 85.5 Å². The third-order valence-electron chi connectivity index (χ3n) is 7.04. The Kier molecular flexibility index (Phi) is 5.83. The van der Waals surface area contributed by atoms with Crippen molar-refractivity contribution in [2.45, 2.75) is 45.3 Å². The van der Waals surface area contributed by atoms with Gasteiger partial charge in [0, 0.05) is 34.6 Å². The second-order valence-corrected chi connectivity index (χ2v) is 11.0. The van der Waals surface area contributed by atoms with Crippen LogP contribution in [0.5, 0.6) is 0 Å². The molecule has 2 aromatic carbocycles. The van der Waals surface area contributed by atoms with Gasteiger partial charge in [-0.3, -0.25) is 14.4 Å². The van der Waals surface area contributed by atoms with Crippen LogP contribution in [-0.4, -0.2) is 63.7 Å². The number of para-hydroxylation sites is 1. The fourth-order valence-electron chi connectivity index (χ4n) is 5.16. The van der Waals surface area contributed by atoms with E-state index < -0.39 is 11.5 Å². The molecular weight excluding hydrogens is 464 g/mol. The Morgan fingerprint density at radius 3 is 2.29 bits per heavy atom. The van der Waals surface area contributed by atoms with Crippen LogP contribution in [0.15, 0.2) is 54.6 Å². The van der Waals surface area contributed by atoms with Crippen molar-refractivity contribution in [3.8, 4) is 0 Å². The van der Waals surface area contributed by atoms with Crippen molar-refractivity contribution in [1.29, 1.82) is 0 Å². The van der Waals surface area contributed by atoms with Crippen molar-refractivity contribution in [3.05, 3.63) is 70.9 Å². The fourth-order valence-corrected chi connectivity index (χ4v) is 5.29. The van der Waals surface area contributed by atoms with Gasteiger partial charge in [-0.25, -0.2) is 0 Å². The molecule has 2 saturated heterocycles. The summed E-state index contributed by atoms with van der Waals surface area (Å²) in [5.74, 6) is -0.452. The highest BCUT2D eigenvalue weighted by molar-refractivity contribution is 6.30. The SMILES string of the molecule is CC(C)(C)[C@H](NC(=O)c1cc2ccccc2[nH]1)C(=O)N1C[C@@H]2C[C@H]1CN2C(=O)c1ccc(Cl)cc1. The Hall–Kier alpha value is -3.32. The number of nitrogens with one attached hydrogen (secondary N) is 2. The molecule has 182 valence electrons. The number of carbonyl (C=O) groups is 3. The number of carbonyl (C=O) groups excluding carboxylic acids is 3. The number of likely N-dealkylation sites (tertiary alicyclic amines) is 2. The van der Waals surface area contributed by atoms with E-state index in [0.717, 1.165) is 17.3 Å². The van der Waals surface area contributed by atoms with Gasteiger partial charge in [0.2, 0.25) is 5.91 Å². The van der Waals surface area contributed by atoms with Gasteiger partial charge in [-0.2, -0.15) is 0 Å². The lowest BCUT2D eigenvalue weighted by atomic mass is 9.85. The summed E-state index contributed by atoms with van der Waals surface area (Å²) in [6.45, 7) is 6.81. The van der Waals surface area contributed by atoms with E-state index in [1.807, 2.05) is 54.8 Å². The molecule has 0 spiro atoms. The van der Waals surface area contributed by atoms with Crippen LogP contribution in [0.3, 0.4) is 0 Å². The van der Waals surface area contributed by atoms with E-state index in [4.69, 9.17) is 11.6 Å². The zero-order valence-corrected chi connectivity index (χ0v) is 20.8. The minimum Gasteiger partial charge on any atom is -0.351 e. The molecule has 2 aliphatic heterocycles. The summed E-state index contributed by atoms with van der Waals surface area (Å²) < 4.78 is 0. The van der Waals surface area contributed by atoms with E-state index in [1.165, 1.54) is 0 Å². The first kappa shape index (κ1) is 23.4. The van der Waals surface area contributed by atoms with Gasteiger partial charge in [-0.15, -0.1) is 0 Å². The summed E-state index contributed by atoms with van der Waals surface area (Å²) in [7, 11) is 0. The van der Waals surface area contributed by atoms with E-state index in [2.05, 4.69) is 10.3 Å². The number of amides is 3. The molecule has 3 atom stereocenters. The summed E-state index contributed by atoms with van der Waals surface area (Å²) in [4.78, 5) is 46.6. The van der Waals surface area contributed by atoms with Crippen molar-refractivity contribution in [2.24, 2.45) is 5.41 Å². The summed E-state index contributed by atoms with van der Waals surface area (Å²) in [5.41, 5.74) is 1.41. The van der Waals surface area contributed by atoms with Crippen LogP contribution in [0.25, 0.3) is 10.9 Å². The minimum absolute atomic E-state index is 0.0304. The highest BCUT2D eigenvalue weighted by atomic mass is 35.5. The second-order valence-electron chi connectivity index (χ2n) is 10.5. The first-order valence-corrected chi connectivity index (χ1v) is 12.3. The standard InChI is InChI=1S/C27H29ClN4O3/c1-27(2,3)23(30-24(33)22-12-17-6-4-5-7-21(17)29-22)26(35)32-15-19-13-20(32)14-31(19)25(34)16-8-10-18(28)11-9-16/h4-12,19-20,23,29H,13-15H2,1-3H3,(H,30,33)/t19-,20-,23+/m0/s1. The largest absolute Gasteiger partial charge is 0.351 e. The van der Waals surface area contributed by atoms with Gasteiger partial charge in [0.05, 0.1) is 12.1 Å². The highest BCUT2D eigenvalue weighted by Gasteiger charge is 2.49. The van der Waals surface area contributed by atoms with Crippen LogP contribution in [0.1, 0.15) is 48.0 Å². The molecule has 2 aliphatic rings. The fraction of sp³-hybridized carbons (Fsp3) is 0.370. The number of rotatable bonds is 4. The quantitative estimate of drug-likeness (QED) is 0.575. The number of hydrogen-bond acceptors (Lipinski definition) is 3.